The van der Waals surface area contributed by atoms with E-state index in [1.165, 1.54) is 12.1 Å². The fourth-order valence-electron chi connectivity index (χ4n) is 2.13. The molecule has 2 aromatic rings. The van der Waals surface area contributed by atoms with Crippen molar-refractivity contribution in [3.63, 3.8) is 0 Å². The van der Waals surface area contributed by atoms with E-state index in [0.29, 0.717) is 23.7 Å². The number of hydrogen-bond acceptors (Lipinski definition) is 2. The van der Waals surface area contributed by atoms with E-state index in [1.807, 2.05) is 36.2 Å². The summed E-state index contributed by atoms with van der Waals surface area (Å²) < 4.78 is 13.1. The second-order valence-electron chi connectivity index (χ2n) is 4.91. The topological polar surface area (TPSA) is 40.5 Å². The number of aromatic carboxylic acids is 1. The molecule has 2 rings (SSSR count). The first-order valence-corrected chi connectivity index (χ1v) is 6.78. The zero-order chi connectivity index (χ0) is 15.4. The van der Waals surface area contributed by atoms with E-state index >= 15 is 0 Å². The van der Waals surface area contributed by atoms with E-state index in [-0.39, 0.29) is 5.56 Å². The summed E-state index contributed by atoms with van der Waals surface area (Å²) in [6.07, 6.45) is 0. The summed E-state index contributed by atoms with van der Waals surface area (Å²) in [5.41, 5.74) is 1.65. The Balaban J connectivity index is 2.10. The molecule has 1 N–H and O–H groups in total. The summed E-state index contributed by atoms with van der Waals surface area (Å²) in [5, 5.41) is 9.80. The van der Waals surface area contributed by atoms with E-state index in [1.54, 1.807) is 0 Å². The lowest BCUT2D eigenvalue weighted by molar-refractivity contribution is 0.0694. The van der Waals surface area contributed by atoms with Crippen LogP contribution < -0.4 is 0 Å². The van der Waals surface area contributed by atoms with Crippen LogP contribution in [0.25, 0.3) is 0 Å². The number of halogens is 2. The molecule has 0 heterocycles. The molecule has 110 valence electrons. The second kappa shape index (κ2) is 6.70. The lowest BCUT2D eigenvalue weighted by Crippen LogP contribution is -2.19. The van der Waals surface area contributed by atoms with Crippen molar-refractivity contribution in [3.8, 4) is 0 Å². The van der Waals surface area contributed by atoms with Crippen LogP contribution in [0.15, 0.2) is 42.5 Å². The smallest absolute Gasteiger partial charge is 0.336 e. The van der Waals surface area contributed by atoms with Gasteiger partial charge in [-0.3, -0.25) is 4.90 Å². The van der Waals surface area contributed by atoms with Crippen LogP contribution in [0.2, 0.25) is 5.02 Å². The molecule has 3 nitrogen and oxygen atoms in total. The highest BCUT2D eigenvalue weighted by Crippen LogP contribution is 2.16. The third kappa shape index (κ3) is 4.28. The first-order chi connectivity index (χ1) is 9.95. The van der Waals surface area contributed by atoms with Crippen LogP contribution in [-0.4, -0.2) is 23.0 Å². The first kappa shape index (κ1) is 15.5. The highest BCUT2D eigenvalue weighted by atomic mass is 35.5. The van der Waals surface area contributed by atoms with Crippen LogP contribution in [0.4, 0.5) is 4.39 Å². The van der Waals surface area contributed by atoms with Crippen molar-refractivity contribution in [2.45, 2.75) is 13.1 Å². The van der Waals surface area contributed by atoms with Crippen LogP contribution in [0.1, 0.15) is 21.5 Å². The Kier molecular flexibility index (Phi) is 4.94. The van der Waals surface area contributed by atoms with Crippen molar-refractivity contribution in [2.24, 2.45) is 0 Å². The highest BCUT2D eigenvalue weighted by Gasteiger charge is 2.13. The third-order valence-corrected chi connectivity index (χ3v) is 3.36. The maximum atomic E-state index is 13.1. The predicted octanol–water partition coefficient (Wildman–Crippen LogP) is 3.81. The van der Waals surface area contributed by atoms with Crippen LogP contribution in [0.5, 0.6) is 0 Å². The minimum absolute atomic E-state index is 0.00189. The van der Waals surface area contributed by atoms with E-state index < -0.39 is 11.8 Å². The molecule has 0 aromatic heterocycles. The maximum absolute atomic E-state index is 13.1. The van der Waals surface area contributed by atoms with Gasteiger partial charge in [-0.25, -0.2) is 9.18 Å². The van der Waals surface area contributed by atoms with Crippen molar-refractivity contribution in [1.82, 2.24) is 4.90 Å². The third-order valence-electron chi connectivity index (χ3n) is 3.11. The van der Waals surface area contributed by atoms with Crippen molar-refractivity contribution in [3.05, 3.63) is 70.0 Å². The zero-order valence-corrected chi connectivity index (χ0v) is 12.3. The average molecular weight is 308 g/mol. The summed E-state index contributed by atoms with van der Waals surface area (Å²) in [5.74, 6) is -1.67. The molecule has 0 spiro atoms. The van der Waals surface area contributed by atoms with Crippen molar-refractivity contribution < 1.29 is 14.3 Å². The lowest BCUT2D eigenvalue weighted by Gasteiger charge is -2.18. The van der Waals surface area contributed by atoms with Gasteiger partial charge in [0.25, 0.3) is 0 Å². The number of benzene rings is 2. The number of carboxylic acids is 1. The molecule has 0 fully saturated rings. The van der Waals surface area contributed by atoms with Crippen molar-refractivity contribution in [1.29, 1.82) is 0 Å². The van der Waals surface area contributed by atoms with Crippen molar-refractivity contribution >= 4 is 17.6 Å². The molecule has 0 saturated heterocycles. The van der Waals surface area contributed by atoms with Crippen LogP contribution >= 0.6 is 11.6 Å². The number of hydrogen-bond donors (Lipinski definition) is 1. The number of carbonyl (C=O) groups is 1. The monoisotopic (exact) mass is 307 g/mol. The van der Waals surface area contributed by atoms with Gasteiger partial charge in [-0.2, -0.15) is 0 Å². The Hall–Kier alpha value is -1.91. The van der Waals surface area contributed by atoms with Gasteiger partial charge < -0.3 is 5.11 Å². The zero-order valence-electron chi connectivity index (χ0n) is 11.5. The summed E-state index contributed by atoms with van der Waals surface area (Å²) in [7, 11) is 1.88. The molecule has 0 aliphatic carbocycles. The quantitative estimate of drug-likeness (QED) is 0.913. The summed E-state index contributed by atoms with van der Waals surface area (Å²) >= 11 is 5.83. The average Bonchev–Trinajstić information content (AvgIpc) is 2.43. The number of nitrogens with zero attached hydrogens (tertiary/aromatic N) is 1. The molecule has 0 amide bonds. The van der Waals surface area contributed by atoms with Gasteiger partial charge in [0.1, 0.15) is 5.82 Å². The van der Waals surface area contributed by atoms with Gasteiger partial charge in [-0.15, -0.1) is 0 Å². The molecule has 0 aliphatic rings. The molecule has 2 aromatic carbocycles. The van der Waals surface area contributed by atoms with Gasteiger partial charge in [0.2, 0.25) is 0 Å². The molecule has 21 heavy (non-hydrogen) atoms. The molecule has 0 atom stereocenters. The molecule has 5 heteroatoms. The molecule has 0 unspecified atom stereocenters. The molecule has 0 radical (unpaired) electrons. The number of rotatable bonds is 5. The van der Waals surface area contributed by atoms with E-state index in [0.717, 1.165) is 11.6 Å². The van der Waals surface area contributed by atoms with Gasteiger partial charge in [-0.1, -0.05) is 29.8 Å². The van der Waals surface area contributed by atoms with E-state index in [4.69, 9.17) is 16.7 Å². The normalized spacial score (nSPS) is 10.9. The molecule has 0 bridgehead atoms. The van der Waals surface area contributed by atoms with Crippen LogP contribution in [0, 0.1) is 5.82 Å². The Labute approximate surface area is 127 Å². The standard InChI is InChI=1S/C16H15ClFNO2/c1-19(9-11-2-5-13(17)6-3-11)10-12-4-7-14(18)8-15(12)16(20)21/h2-8H,9-10H2,1H3,(H,20,21). The SMILES string of the molecule is CN(Cc1ccc(Cl)cc1)Cc1ccc(F)cc1C(=O)O. The Morgan fingerprint density at radius 3 is 2.48 bits per heavy atom. The Bertz CT molecular complexity index is 643. The minimum atomic E-state index is -1.12. The summed E-state index contributed by atoms with van der Waals surface area (Å²) in [4.78, 5) is 13.1. The number of carboxylic acid groups (broad SMARTS) is 1. The fraction of sp³-hybridized carbons (Fsp3) is 0.188. The highest BCUT2D eigenvalue weighted by molar-refractivity contribution is 6.30. The van der Waals surface area contributed by atoms with Crippen LogP contribution in [0.3, 0.4) is 0 Å². The van der Waals surface area contributed by atoms with Crippen molar-refractivity contribution in [2.75, 3.05) is 7.05 Å². The molecule has 0 aliphatic heterocycles. The summed E-state index contributed by atoms with van der Waals surface area (Å²) in [6, 6.07) is 11.3. The fourth-order valence-corrected chi connectivity index (χ4v) is 2.26. The second-order valence-corrected chi connectivity index (χ2v) is 5.34. The Morgan fingerprint density at radius 2 is 1.86 bits per heavy atom. The van der Waals surface area contributed by atoms with E-state index in [2.05, 4.69) is 0 Å². The van der Waals surface area contributed by atoms with Gasteiger partial charge >= 0.3 is 5.97 Å². The minimum Gasteiger partial charge on any atom is -0.478 e. The van der Waals surface area contributed by atoms with Crippen LogP contribution in [-0.2, 0) is 13.1 Å². The van der Waals surface area contributed by atoms with E-state index in [9.17, 15) is 9.18 Å². The largest absolute Gasteiger partial charge is 0.478 e. The summed E-state index contributed by atoms with van der Waals surface area (Å²) in [6.45, 7) is 1.07. The van der Waals surface area contributed by atoms with Gasteiger partial charge in [0.15, 0.2) is 0 Å². The first-order valence-electron chi connectivity index (χ1n) is 6.40. The molecule has 0 saturated carbocycles. The van der Waals surface area contributed by atoms with Gasteiger partial charge in [0.05, 0.1) is 5.56 Å². The lowest BCUT2D eigenvalue weighted by atomic mass is 10.1. The van der Waals surface area contributed by atoms with Gasteiger partial charge in [0, 0.05) is 18.1 Å². The molecular formula is C16H15ClFNO2. The maximum Gasteiger partial charge on any atom is 0.336 e. The Morgan fingerprint density at radius 1 is 1.19 bits per heavy atom. The predicted molar refractivity (Wildman–Crippen MR) is 80.0 cm³/mol. The van der Waals surface area contributed by atoms with Gasteiger partial charge in [-0.05, 0) is 42.4 Å². The molecular weight excluding hydrogens is 293 g/mol.